The number of amides is 2. The molecule has 3 aromatic carbocycles. The van der Waals surface area contributed by atoms with Gasteiger partial charge in [-0.15, -0.1) is 0 Å². The Morgan fingerprint density at radius 1 is 0.975 bits per heavy atom. The molecule has 0 spiro atoms. The maximum Gasteiger partial charge on any atom is 0.264 e. The van der Waals surface area contributed by atoms with Gasteiger partial charge in [-0.1, -0.05) is 31.2 Å². The Kier molecular flexibility index (Phi) is 10.3. The molecule has 0 aliphatic rings. The number of halogens is 1. The molecular weight excluding hydrogens is 533 g/mol. The van der Waals surface area contributed by atoms with Gasteiger partial charge in [0.05, 0.1) is 17.7 Å². The first-order valence-electron chi connectivity index (χ1n) is 13.0. The van der Waals surface area contributed by atoms with E-state index in [-0.39, 0.29) is 29.1 Å². The van der Waals surface area contributed by atoms with Crippen LogP contribution in [0.1, 0.15) is 38.3 Å². The van der Waals surface area contributed by atoms with Crippen molar-refractivity contribution in [2.75, 3.05) is 18.0 Å². The number of benzene rings is 3. The summed E-state index contributed by atoms with van der Waals surface area (Å²) in [6.07, 6.45) is 0.711. The molecule has 1 N–H and O–H groups in total. The highest BCUT2D eigenvalue weighted by Gasteiger charge is 2.33. The number of ether oxygens (including phenoxy) is 1. The fourth-order valence-electron chi connectivity index (χ4n) is 4.03. The van der Waals surface area contributed by atoms with Crippen LogP contribution in [-0.2, 0) is 26.2 Å². The lowest BCUT2D eigenvalue weighted by molar-refractivity contribution is -0.139. The Morgan fingerprint density at radius 3 is 2.17 bits per heavy atom. The van der Waals surface area contributed by atoms with Gasteiger partial charge in [-0.25, -0.2) is 12.8 Å². The van der Waals surface area contributed by atoms with Crippen molar-refractivity contribution in [1.29, 1.82) is 0 Å². The van der Waals surface area contributed by atoms with Crippen LogP contribution in [-0.4, -0.2) is 50.9 Å². The Labute approximate surface area is 235 Å². The normalized spacial score (nSPS) is 12.8. The van der Waals surface area contributed by atoms with Crippen LogP contribution in [0.5, 0.6) is 5.75 Å². The molecule has 0 saturated heterocycles. The average Bonchev–Trinajstić information content (AvgIpc) is 2.95. The van der Waals surface area contributed by atoms with Gasteiger partial charge >= 0.3 is 0 Å². The van der Waals surface area contributed by atoms with E-state index >= 15 is 0 Å². The summed E-state index contributed by atoms with van der Waals surface area (Å²) >= 11 is 0. The van der Waals surface area contributed by atoms with Crippen LogP contribution in [0.15, 0.2) is 77.7 Å². The highest BCUT2D eigenvalue weighted by Crippen LogP contribution is 2.26. The zero-order valence-electron chi connectivity index (χ0n) is 23.4. The number of hydrogen-bond acceptors (Lipinski definition) is 5. The van der Waals surface area contributed by atoms with Crippen molar-refractivity contribution < 1.29 is 27.1 Å². The smallest absolute Gasteiger partial charge is 0.264 e. The number of methoxy groups -OCH3 is 1. The summed E-state index contributed by atoms with van der Waals surface area (Å²) in [4.78, 5) is 28.4. The van der Waals surface area contributed by atoms with Crippen LogP contribution in [0.2, 0.25) is 0 Å². The maximum atomic E-state index is 13.9. The lowest BCUT2D eigenvalue weighted by atomic mass is 10.1. The van der Waals surface area contributed by atoms with E-state index in [0.29, 0.717) is 12.2 Å². The first-order chi connectivity index (χ1) is 19.0. The molecule has 3 rings (SSSR count). The van der Waals surface area contributed by atoms with E-state index in [2.05, 4.69) is 5.32 Å². The summed E-state index contributed by atoms with van der Waals surface area (Å²) in [6, 6.07) is 17.1. The summed E-state index contributed by atoms with van der Waals surface area (Å²) < 4.78 is 47.5. The molecule has 2 amide bonds. The molecule has 0 saturated carbocycles. The number of rotatable bonds is 12. The van der Waals surface area contributed by atoms with E-state index in [9.17, 15) is 22.4 Å². The quantitative estimate of drug-likeness (QED) is 0.342. The number of carbonyl (C=O) groups excluding carboxylic acids is 2. The van der Waals surface area contributed by atoms with Crippen LogP contribution < -0.4 is 14.4 Å². The molecule has 10 heteroatoms. The third-order valence-corrected chi connectivity index (χ3v) is 8.60. The van der Waals surface area contributed by atoms with Crippen LogP contribution in [0.4, 0.5) is 10.1 Å². The zero-order valence-corrected chi connectivity index (χ0v) is 24.2. The summed E-state index contributed by atoms with van der Waals surface area (Å²) in [5.74, 6) is -1.01. The van der Waals surface area contributed by atoms with Crippen molar-refractivity contribution in [3.05, 3.63) is 89.7 Å². The van der Waals surface area contributed by atoms with Gasteiger partial charge in [0.15, 0.2) is 0 Å². The second-order valence-corrected chi connectivity index (χ2v) is 11.5. The van der Waals surface area contributed by atoms with E-state index < -0.39 is 34.3 Å². The van der Waals surface area contributed by atoms with Crippen molar-refractivity contribution in [1.82, 2.24) is 10.2 Å². The van der Waals surface area contributed by atoms with Gasteiger partial charge < -0.3 is 15.0 Å². The average molecular weight is 570 g/mol. The Hall–Kier alpha value is -3.92. The topological polar surface area (TPSA) is 96.0 Å². The number of sulfonamides is 1. The van der Waals surface area contributed by atoms with E-state index in [0.717, 1.165) is 27.6 Å². The standard InChI is InChI=1S/C30H36FN3O5S/c1-6-22(3)32-30(36)23(4)33(19-24-10-8-7-9-21(24)2)29(35)20-34(26-13-11-25(31)12-14-26)40(37,38)28-17-15-27(39-5)16-18-28/h7-18,22-23H,6,19-20H2,1-5H3,(H,32,36)/t22-,23-/m1/s1. The molecule has 3 aromatic rings. The van der Waals surface area contributed by atoms with Gasteiger partial charge in [0.1, 0.15) is 24.2 Å². The first-order valence-corrected chi connectivity index (χ1v) is 14.5. The number of aryl methyl sites for hydroxylation is 1. The third kappa shape index (κ3) is 7.38. The third-order valence-electron chi connectivity index (χ3n) is 6.81. The molecule has 0 unspecified atom stereocenters. The zero-order chi connectivity index (χ0) is 29.4. The lowest BCUT2D eigenvalue weighted by Crippen LogP contribution is -2.52. The Balaban J connectivity index is 2.03. The van der Waals surface area contributed by atoms with E-state index in [1.54, 1.807) is 6.92 Å². The highest BCUT2D eigenvalue weighted by molar-refractivity contribution is 7.92. The molecule has 40 heavy (non-hydrogen) atoms. The lowest BCUT2D eigenvalue weighted by Gasteiger charge is -2.32. The van der Waals surface area contributed by atoms with Gasteiger partial charge in [0, 0.05) is 12.6 Å². The number of nitrogens with one attached hydrogen (secondary N) is 1. The summed E-state index contributed by atoms with van der Waals surface area (Å²) in [5, 5.41) is 2.90. The number of anilines is 1. The highest BCUT2D eigenvalue weighted by atomic mass is 32.2. The molecule has 0 aliphatic heterocycles. The van der Waals surface area contributed by atoms with E-state index in [1.807, 2.05) is 45.0 Å². The fraction of sp³-hybridized carbons (Fsp3) is 0.333. The van der Waals surface area contributed by atoms with Crippen LogP contribution in [0.25, 0.3) is 0 Å². The van der Waals surface area contributed by atoms with E-state index in [1.165, 1.54) is 48.4 Å². The minimum atomic E-state index is -4.26. The largest absolute Gasteiger partial charge is 0.497 e. The van der Waals surface area contributed by atoms with Crippen LogP contribution >= 0.6 is 0 Å². The molecule has 0 bridgehead atoms. The van der Waals surface area contributed by atoms with Crippen LogP contribution in [0.3, 0.4) is 0 Å². The number of carbonyl (C=O) groups is 2. The molecule has 214 valence electrons. The first kappa shape index (κ1) is 30.6. The predicted molar refractivity (Wildman–Crippen MR) is 153 cm³/mol. The SMILES string of the molecule is CC[C@@H](C)NC(=O)[C@@H](C)N(Cc1ccccc1C)C(=O)CN(c1ccc(F)cc1)S(=O)(=O)c1ccc(OC)cc1. The van der Waals surface area contributed by atoms with Crippen molar-refractivity contribution in [3.8, 4) is 5.75 Å². The molecular formula is C30H36FN3O5S. The Morgan fingerprint density at radius 2 is 1.60 bits per heavy atom. The monoisotopic (exact) mass is 569 g/mol. The van der Waals surface area contributed by atoms with Crippen molar-refractivity contribution in [2.45, 2.75) is 57.6 Å². The fourth-order valence-corrected chi connectivity index (χ4v) is 5.44. The van der Waals surface area contributed by atoms with Crippen molar-refractivity contribution in [2.24, 2.45) is 0 Å². The molecule has 0 aromatic heterocycles. The Bertz CT molecular complexity index is 1410. The number of hydrogen-bond donors (Lipinski definition) is 1. The van der Waals surface area contributed by atoms with Crippen molar-refractivity contribution >= 4 is 27.5 Å². The molecule has 0 fully saturated rings. The summed E-state index contributed by atoms with van der Waals surface area (Å²) in [5.41, 5.74) is 1.86. The molecule has 0 aliphatic carbocycles. The van der Waals surface area contributed by atoms with E-state index in [4.69, 9.17) is 4.74 Å². The summed E-state index contributed by atoms with van der Waals surface area (Å²) in [7, 11) is -2.80. The summed E-state index contributed by atoms with van der Waals surface area (Å²) in [6.45, 7) is 6.83. The van der Waals surface area contributed by atoms with Gasteiger partial charge in [-0.05, 0) is 86.8 Å². The van der Waals surface area contributed by atoms with Crippen LogP contribution in [0, 0.1) is 12.7 Å². The second kappa shape index (κ2) is 13.4. The molecule has 2 atom stereocenters. The molecule has 0 heterocycles. The minimum absolute atomic E-state index is 0.0709. The van der Waals surface area contributed by atoms with Gasteiger partial charge in [0.2, 0.25) is 11.8 Å². The van der Waals surface area contributed by atoms with Crippen molar-refractivity contribution in [3.63, 3.8) is 0 Å². The maximum absolute atomic E-state index is 13.9. The number of nitrogens with zero attached hydrogens (tertiary/aromatic N) is 2. The van der Waals surface area contributed by atoms with Gasteiger partial charge in [0.25, 0.3) is 10.0 Å². The molecule has 8 nitrogen and oxygen atoms in total. The predicted octanol–water partition coefficient (Wildman–Crippen LogP) is 4.67. The molecule has 0 radical (unpaired) electrons. The minimum Gasteiger partial charge on any atom is -0.497 e. The van der Waals surface area contributed by atoms with Gasteiger partial charge in [-0.3, -0.25) is 13.9 Å². The van der Waals surface area contributed by atoms with Gasteiger partial charge in [-0.2, -0.15) is 0 Å². The second-order valence-electron chi connectivity index (χ2n) is 9.61.